The number of thiophene rings is 1. The Bertz CT molecular complexity index is 1440. The van der Waals surface area contributed by atoms with Crippen LogP contribution in [0.15, 0.2) is 71.1 Å². The monoisotopic (exact) mass is 489 g/mol. The first-order valence-corrected chi connectivity index (χ1v) is 12.7. The number of nitrogens with one attached hydrogen (secondary N) is 1. The van der Waals surface area contributed by atoms with Crippen molar-refractivity contribution >= 4 is 44.9 Å². The van der Waals surface area contributed by atoms with Crippen molar-refractivity contribution < 1.29 is 4.79 Å². The Kier molecular flexibility index (Phi) is 7.05. The molecule has 2 aromatic heterocycles. The summed E-state index contributed by atoms with van der Waals surface area (Å²) in [5.41, 5.74) is 4.54. The molecule has 1 amide bonds. The minimum atomic E-state index is -0.594. The van der Waals surface area contributed by atoms with Crippen molar-refractivity contribution in [3.05, 3.63) is 98.7 Å². The molecule has 0 saturated carbocycles. The van der Waals surface area contributed by atoms with Gasteiger partial charge < -0.3 is 5.32 Å². The molecule has 0 aliphatic rings. The van der Waals surface area contributed by atoms with Gasteiger partial charge in [-0.05, 0) is 56.0 Å². The lowest BCUT2D eigenvalue weighted by atomic mass is 10.1. The Labute approximate surface area is 207 Å². The number of aryl methyl sites for hydroxylation is 4. The van der Waals surface area contributed by atoms with E-state index in [1.807, 2.05) is 76.2 Å². The number of hydrogen-bond acceptors (Lipinski definition) is 5. The molecule has 0 fully saturated rings. The highest BCUT2D eigenvalue weighted by molar-refractivity contribution is 8.00. The van der Waals surface area contributed by atoms with Gasteiger partial charge in [0.1, 0.15) is 10.1 Å². The average Bonchev–Trinajstić information content (AvgIpc) is 3.10. The fraction of sp³-hybridized carbons (Fsp3) is 0.222. The van der Waals surface area contributed by atoms with Crippen LogP contribution in [0.2, 0.25) is 0 Å². The lowest BCUT2D eigenvalue weighted by molar-refractivity contribution is -0.115. The number of amides is 1. The minimum Gasteiger partial charge on any atom is -0.325 e. The third-order valence-corrected chi connectivity index (χ3v) is 8.13. The van der Waals surface area contributed by atoms with Crippen LogP contribution in [-0.2, 0) is 11.3 Å². The maximum absolute atomic E-state index is 13.6. The number of nitrogens with zero attached hydrogens (tertiary/aromatic N) is 2. The topological polar surface area (TPSA) is 64.0 Å². The second-order valence-corrected chi connectivity index (χ2v) is 10.6. The number of thioether (sulfide) groups is 1. The van der Waals surface area contributed by atoms with E-state index in [2.05, 4.69) is 11.9 Å². The van der Waals surface area contributed by atoms with Gasteiger partial charge in [-0.2, -0.15) is 0 Å². The van der Waals surface area contributed by atoms with Crippen LogP contribution in [-0.4, -0.2) is 15.5 Å². The second kappa shape index (κ2) is 9.99. The summed E-state index contributed by atoms with van der Waals surface area (Å²) in [6, 6.07) is 15.6. The molecule has 0 unspecified atom stereocenters. The van der Waals surface area contributed by atoms with E-state index in [9.17, 15) is 9.59 Å². The number of carbonyl (C=O) groups excluding carboxylic acids is 1. The van der Waals surface area contributed by atoms with E-state index < -0.39 is 5.25 Å². The molecule has 34 heavy (non-hydrogen) atoms. The molecule has 0 aliphatic heterocycles. The summed E-state index contributed by atoms with van der Waals surface area (Å²) in [5.74, 6) is -0.164. The van der Waals surface area contributed by atoms with E-state index in [0.29, 0.717) is 21.9 Å². The molecule has 1 N–H and O–H groups in total. The van der Waals surface area contributed by atoms with Crippen molar-refractivity contribution in [3.8, 4) is 0 Å². The molecule has 4 rings (SSSR count). The summed E-state index contributed by atoms with van der Waals surface area (Å²) in [6.07, 6.45) is 1.68. The predicted octanol–water partition coefficient (Wildman–Crippen LogP) is 6.35. The van der Waals surface area contributed by atoms with Crippen LogP contribution in [0.3, 0.4) is 0 Å². The zero-order chi connectivity index (χ0) is 24.4. The summed E-state index contributed by atoms with van der Waals surface area (Å²) < 4.78 is 1.61. The van der Waals surface area contributed by atoms with Crippen LogP contribution < -0.4 is 10.9 Å². The largest absolute Gasteiger partial charge is 0.325 e. The number of anilines is 1. The van der Waals surface area contributed by atoms with Crippen LogP contribution in [0, 0.1) is 27.7 Å². The molecule has 2 aromatic carbocycles. The van der Waals surface area contributed by atoms with Crippen LogP contribution >= 0.6 is 23.1 Å². The van der Waals surface area contributed by atoms with Crippen LogP contribution in [0.5, 0.6) is 0 Å². The van der Waals surface area contributed by atoms with E-state index in [-0.39, 0.29) is 11.5 Å². The summed E-state index contributed by atoms with van der Waals surface area (Å²) >= 11 is 2.80. The molecule has 0 spiro atoms. The average molecular weight is 490 g/mol. The van der Waals surface area contributed by atoms with Gasteiger partial charge in [0.2, 0.25) is 5.91 Å². The normalized spacial score (nSPS) is 12.0. The number of aromatic nitrogens is 2. The first-order valence-electron chi connectivity index (χ1n) is 11.0. The third kappa shape index (κ3) is 4.72. The fourth-order valence-corrected chi connectivity index (χ4v) is 5.94. The molecule has 7 heteroatoms. The van der Waals surface area contributed by atoms with E-state index in [1.165, 1.54) is 23.1 Å². The van der Waals surface area contributed by atoms with Crippen LogP contribution in [0.4, 0.5) is 5.69 Å². The van der Waals surface area contributed by atoms with Gasteiger partial charge >= 0.3 is 0 Å². The summed E-state index contributed by atoms with van der Waals surface area (Å²) in [7, 11) is 0. The molecule has 0 radical (unpaired) electrons. The smallest absolute Gasteiger partial charge is 0.263 e. The Morgan fingerprint density at radius 2 is 1.91 bits per heavy atom. The van der Waals surface area contributed by atoms with Crippen LogP contribution in [0.1, 0.15) is 32.4 Å². The van der Waals surface area contributed by atoms with Gasteiger partial charge in [0, 0.05) is 17.1 Å². The van der Waals surface area contributed by atoms with E-state index in [4.69, 9.17) is 4.98 Å². The third-order valence-electron chi connectivity index (χ3n) is 5.78. The number of hydrogen-bond donors (Lipinski definition) is 1. The highest BCUT2D eigenvalue weighted by Gasteiger charge is 2.26. The maximum atomic E-state index is 13.6. The van der Waals surface area contributed by atoms with Gasteiger partial charge in [0.05, 0.1) is 5.39 Å². The summed E-state index contributed by atoms with van der Waals surface area (Å²) in [5, 5.41) is 3.65. The van der Waals surface area contributed by atoms with Gasteiger partial charge in [0.25, 0.3) is 5.56 Å². The summed E-state index contributed by atoms with van der Waals surface area (Å²) in [4.78, 5) is 33.6. The number of fused-ring (bicyclic) bond motifs is 1. The molecule has 0 aliphatic carbocycles. The van der Waals surface area contributed by atoms with Gasteiger partial charge in [-0.1, -0.05) is 60.3 Å². The van der Waals surface area contributed by atoms with Gasteiger partial charge in [-0.25, -0.2) is 4.98 Å². The van der Waals surface area contributed by atoms with Crippen molar-refractivity contribution in [3.63, 3.8) is 0 Å². The van der Waals surface area contributed by atoms with Crippen LogP contribution in [0.25, 0.3) is 10.2 Å². The highest BCUT2D eigenvalue weighted by atomic mass is 32.2. The van der Waals surface area contributed by atoms with E-state index >= 15 is 0 Å². The molecular formula is C27H27N3O2S2. The SMILES string of the molecule is C=CCn1c(S[C@H](C(=O)Nc2cc(C)ccc2C)c2ccccc2)nc2sc(C)c(C)c2c1=O. The first-order chi connectivity index (χ1) is 16.3. The number of rotatable bonds is 7. The van der Waals surface area contributed by atoms with Crippen molar-refractivity contribution in [2.24, 2.45) is 0 Å². The zero-order valence-electron chi connectivity index (χ0n) is 19.7. The van der Waals surface area contributed by atoms with Crippen molar-refractivity contribution in [1.82, 2.24) is 9.55 Å². The molecule has 4 aromatic rings. The molecule has 174 valence electrons. The Hall–Kier alpha value is -3.16. The number of allylic oxidation sites excluding steroid dienone is 1. The lowest BCUT2D eigenvalue weighted by Gasteiger charge is -2.19. The molecular weight excluding hydrogens is 462 g/mol. The van der Waals surface area contributed by atoms with Gasteiger partial charge in [0.15, 0.2) is 5.16 Å². The van der Waals surface area contributed by atoms with E-state index in [1.54, 1.807) is 10.6 Å². The quantitative estimate of drug-likeness (QED) is 0.187. The fourth-order valence-electron chi connectivity index (χ4n) is 3.76. The summed E-state index contributed by atoms with van der Waals surface area (Å²) in [6.45, 7) is 12.1. The molecule has 1 atom stereocenters. The molecule has 5 nitrogen and oxygen atoms in total. The molecule has 0 bridgehead atoms. The Morgan fingerprint density at radius 1 is 1.18 bits per heavy atom. The van der Waals surface area contributed by atoms with Gasteiger partial charge in [-0.15, -0.1) is 17.9 Å². The molecule has 0 saturated heterocycles. The van der Waals surface area contributed by atoms with Gasteiger partial charge in [-0.3, -0.25) is 14.2 Å². The molecule has 2 heterocycles. The predicted molar refractivity (Wildman–Crippen MR) is 143 cm³/mol. The minimum absolute atomic E-state index is 0.101. The zero-order valence-corrected chi connectivity index (χ0v) is 21.3. The highest BCUT2D eigenvalue weighted by Crippen LogP contribution is 2.37. The standard InChI is InChI=1S/C27H27N3O2S2/c1-6-14-30-26(32)22-18(4)19(5)33-25(22)29-27(30)34-23(20-10-8-7-9-11-20)24(31)28-21-15-16(2)12-13-17(21)3/h6-13,15,23H,1,14H2,2-5H3,(H,28,31)/t23-/m0/s1. The number of carbonyl (C=O) groups is 1. The maximum Gasteiger partial charge on any atom is 0.263 e. The Balaban J connectivity index is 1.80. The first kappa shape index (κ1) is 24.0. The Morgan fingerprint density at radius 3 is 2.62 bits per heavy atom. The lowest BCUT2D eigenvalue weighted by Crippen LogP contribution is -2.25. The van der Waals surface area contributed by atoms with Crippen molar-refractivity contribution in [1.29, 1.82) is 0 Å². The second-order valence-electron chi connectivity index (χ2n) is 8.28. The number of benzene rings is 2. The van der Waals surface area contributed by atoms with E-state index in [0.717, 1.165) is 32.8 Å². The van der Waals surface area contributed by atoms with Crippen molar-refractivity contribution in [2.45, 2.75) is 44.6 Å². The van der Waals surface area contributed by atoms with Crippen molar-refractivity contribution in [2.75, 3.05) is 5.32 Å².